The Labute approximate surface area is 110 Å². The molecule has 1 aromatic rings. The molecule has 0 saturated heterocycles. The summed E-state index contributed by atoms with van der Waals surface area (Å²) in [6.45, 7) is 2.58. The lowest BCUT2D eigenvalue weighted by atomic mass is 10.2. The van der Waals surface area contributed by atoms with Gasteiger partial charge in [0.25, 0.3) is 0 Å². The van der Waals surface area contributed by atoms with Crippen molar-refractivity contribution < 1.29 is 4.79 Å². The molecule has 0 heterocycles. The van der Waals surface area contributed by atoms with Crippen LogP contribution >= 0.6 is 35.0 Å². The molecule has 1 aromatic carbocycles. The predicted molar refractivity (Wildman–Crippen MR) is 71.3 cm³/mol. The Balaban J connectivity index is 2.37. The Morgan fingerprint density at radius 3 is 2.75 bits per heavy atom. The van der Waals surface area contributed by atoms with E-state index >= 15 is 0 Å². The summed E-state index contributed by atoms with van der Waals surface area (Å²) < 4.78 is 0. The van der Waals surface area contributed by atoms with Gasteiger partial charge in [-0.2, -0.15) is 0 Å². The van der Waals surface area contributed by atoms with Gasteiger partial charge in [-0.3, -0.25) is 4.79 Å². The van der Waals surface area contributed by atoms with Crippen molar-refractivity contribution >= 4 is 40.9 Å². The number of thioether (sulfide) groups is 1. The largest absolute Gasteiger partial charge is 0.356 e. The summed E-state index contributed by atoms with van der Waals surface area (Å²) in [5, 5.41) is 3.85. The standard InChI is InChI=1S/C11H13Cl2NOS/c1-2-14-11(15)7-16-6-8-3-4-9(12)10(13)5-8/h3-5H,2,6-7H2,1H3,(H,14,15). The summed E-state index contributed by atoms with van der Waals surface area (Å²) in [7, 11) is 0. The molecule has 0 bridgehead atoms. The van der Waals surface area contributed by atoms with Crippen molar-refractivity contribution in [1.82, 2.24) is 5.32 Å². The zero-order chi connectivity index (χ0) is 12.0. The molecule has 88 valence electrons. The zero-order valence-corrected chi connectivity index (χ0v) is 11.3. The van der Waals surface area contributed by atoms with Crippen molar-refractivity contribution in [3.05, 3.63) is 33.8 Å². The first-order chi connectivity index (χ1) is 7.63. The van der Waals surface area contributed by atoms with E-state index in [2.05, 4.69) is 5.32 Å². The third kappa shape index (κ3) is 4.64. The maximum atomic E-state index is 11.2. The number of nitrogens with one attached hydrogen (secondary N) is 1. The molecule has 0 unspecified atom stereocenters. The molecule has 1 amide bonds. The van der Waals surface area contributed by atoms with Gasteiger partial charge in [-0.1, -0.05) is 29.3 Å². The summed E-state index contributed by atoms with van der Waals surface area (Å²) in [5.74, 6) is 1.29. The highest BCUT2D eigenvalue weighted by Crippen LogP contribution is 2.24. The van der Waals surface area contributed by atoms with Crippen LogP contribution in [0.1, 0.15) is 12.5 Å². The van der Waals surface area contributed by atoms with Crippen LogP contribution < -0.4 is 5.32 Å². The maximum Gasteiger partial charge on any atom is 0.229 e. The Hall–Kier alpha value is -0.380. The Kier molecular flexibility index (Phi) is 6.03. The van der Waals surface area contributed by atoms with Gasteiger partial charge in [0.2, 0.25) is 5.91 Å². The van der Waals surface area contributed by atoms with Crippen molar-refractivity contribution in [1.29, 1.82) is 0 Å². The summed E-state index contributed by atoms with van der Waals surface area (Å²) in [4.78, 5) is 11.2. The van der Waals surface area contributed by atoms with E-state index < -0.39 is 0 Å². The summed E-state index contributed by atoms with van der Waals surface area (Å²) >= 11 is 13.2. The van der Waals surface area contributed by atoms with Crippen molar-refractivity contribution in [2.45, 2.75) is 12.7 Å². The molecular weight excluding hydrogens is 265 g/mol. The number of hydrogen-bond donors (Lipinski definition) is 1. The minimum absolute atomic E-state index is 0.0626. The third-order valence-corrected chi connectivity index (χ3v) is 3.60. The minimum atomic E-state index is 0.0626. The topological polar surface area (TPSA) is 29.1 Å². The maximum absolute atomic E-state index is 11.2. The first-order valence-corrected chi connectivity index (χ1v) is 6.83. The zero-order valence-electron chi connectivity index (χ0n) is 8.93. The summed E-state index contributed by atoms with van der Waals surface area (Å²) in [6.07, 6.45) is 0. The molecule has 1 N–H and O–H groups in total. The van der Waals surface area contributed by atoms with E-state index in [1.54, 1.807) is 17.8 Å². The second-order valence-electron chi connectivity index (χ2n) is 3.19. The Morgan fingerprint density at radius 2 is 2.12 bits per heavy atom. The van der Waals surface area contributed by atoms with Gasteiger partial charge in [0, 0.05) is 12.3 Å². The van der Waals surface area contributed by atoms with Crippen LogP contribution in [-0.4, -0.2) is 18.2 Å². The second-order valence-corrected chi connectivity index (χ2v) is 4.99. The van der Waals surface area contributed by atoms with Gasteiger partial charge in [-0.25, -0.2) is 0 Å². The molecule has 16 heavy (non-hydrogen) atoms. The number of benzene rings is 1. The highest BCUT2D eigenvalue weighted by Gasteiger charge is 2.02. The lowest BCUT2D eigenvalue weighted by molar-refractivity contribution is -0.118. The van der Waals surface area contributed by atoms with Crippen LogP contribution in [0.3, 0.4) is 0 Å². The molecule has 0 saturated carbocycles. The number of amides is 1. The number of carbonyl (C=O) groups excluding carboxylic acids is 1. The first kappa shape index (κ1) is 13.7. The first-order valence-electron chi connectivity index (χ1n) is 4.92. The molecule has 0 aliphatic rings. The molecular formula is C11H13Cl2NOS. The highest BCUT2D eigenvalue weighted by atomic mass is 35.5. The van der Waals surface area contributed by atoms with Crippen LogP contribution in [0.5, 0.6) is 0 Å². The van der Waals surface area contributed by atoms with Gasteiger partial charge in [-0.05, 0) is 24.6 Å². The third-order valence-electron chi connectivity index (χ3n) is 1.86. The van der Waals surface area contributed by atoms with Gasteiger partial charge in [-0.15, -0.1) is 11.8 Å². The van der Waals surface area contributed by atoms with E-state index in [-0.39, 0.29) is 5.91 Å². The van der Waals surface area contributed by atoms with Crippen molar-refractivity contribution in [2.75, 3.05) is 12.3 Å². The highest BCUT2D eigenvalue weighted by molar-refractivity contribution is 7.99. The normalized spacial score (nSPS) is 10.2. The monoisotopic (exact) mass is 277 g/mol. The van der Waals surface area contributed by atoms with Crippen molar-refractivity contribution in [2.24, 2.45) is 0 Å². The summed E-state index contributed by atoms with van der Waals surface area (Å²) in [5.41, 5.74) is 1.07. The van der Waals surface area contributed by atoms with Crippen LogP contribution in [0.2, 0.25) is 10.0 Å². The van der Waals surface area contributed by atoms with Gasteiger partial charge in [0.05, 0.1) is 15.8 Å². The van der Waals surface area contributed by atoms with Crippen LogP contribution in [0, 0.1) is 0 Å². The van der Waals surface area contributed by atoms with Gasteiger partial charge < -0.3 is 5.32 Å². The van der Waals surface area contributed by atoms with E-state index in [0.717, 1.165) is 11.3 Å². The fraction of sp³-hybridized carbons (Fsp3) is 0.364. The van der Waals surface area contributed by atoms with Gasteiger partial charge in [0.1, 0.15) is 0 Å². The number of carbonyl (C=O) groups is 1. The molecule has 0 atom stereocenters. The van der Waals surface area contributed by atoms with E-state index in [1.165, 1.54) is 0 Å². The second kappa shape index (κ2) is 7.05. The van der Waals surface area contributed by atoms with Gasteiger partial charge in [0.15, 0.2) is 0 Å². The van der Waals surface area contributed by atoms with E-state index in [1.807, 2.05) is 19.1 Å². The minimum Gasteiger partial charge on any atom is -0.356 e. The van der Waals surface area contributed by atoms with E-state index in [9.17, 15) is 4.79 Å². The molecule has 0 aromatic heterocycles. The van der Waals surface area contributed by atoms with E-state index in [4.69, 9.17) is 23.2 Å². The number of hydrogen-bond acceptors (Lipinski definition) is 2. The van der Waals surface area contributed by atoms with Crippen LogP contribution in [0.4, 0.5) is 0 Å². The predicted octanol–water partition coefficient (Wildman–Crippen LogP) is 3.36. The number of halogens is 2. The summed E-state index contributed by atoms with van der Waals surface area (Å²) in [6, 6.07) is 5.51. The molecule has 1 rings (SSSR count). The fourth-order valence-electron chi connectivity index (χ4n) is 1.14. The van der Waals surface area contributed by atoms with Crippen molar-refractivity contribution in [3.8, 4) is 0 Å². The van der Waals surface area contributed by atoms with Crippen LogP contribution in [-0.2, 0) is 10.5 Å². The molecule has 0 radical (unpaired) electrons. The molecule has 0 spiro atoms. The molecule has 0 fully saturated rings. The SMILES string of the molecule is CCNC(=O)CSCc1ccc(Cl)c(Cl)c1. The quantitative estimate of drug-likeness (QED) is 0.894. The Morgan fingerprint density at radius 1 is 1.38 bits per heavy atom. The van der Waals surface area contributed by atoms with Crippen molar-refractivity contribution in [3.63, 3.8) is 0 Å². The average Bonchev–Trinajstić information content (AvgIpc) is 2.24. The Bertz CT molecular complexity index is 371. The molecule has 0 aliphatic heterocycles. The van der Waals surface area contributed by atoms with Crippen LogP contribution in [0.15, 0.2) is 18.2 Å². The van der Waals surface area contributed by atoms with E-state index in [0.29, 0.717) is 22.3 Å². The number of rotatable bonds is 5. The molecule has 5 heteroatoms. The average molecular weight is 278 g/mol. The molecule has 0 aliphatic carbocycles. The fourth-order valence-corrected chi connectivity index (χ4v) is 2.26. The lowest BCUT2D eigenvalue weighted by Gasteiger charge is -2.04. The smallest absolute Gasteiger partial charge is 0.229 e. The lowest BCUT2D eigenvalue weighted by Crippen LogP contribution is -2.24. The molecule has 2 nitrogen and oxygen atoms in total. The van der Waals surface area contributed by atoms with Gasteiger partial charge >= 0.3 is 0 Å². The van der Waals surface area contributed by atoms with Crippen LogP contribution in [0.25, 0.3) is 0 Å².